The van der Waals surface area contributed by atoms with E-state index in [1.165, 1.54) is 39.2 Å². The van der Waals surface area contributed by atoms with Gasteiger partial charge in [-0.1, -0.05) is 0 Å². The molecule has 0 atom stereocenters. The third-order valence-corrected chi connectivity index (χ3v) is 3.84. The summed E-state index contributed by atoms with van der Waals surface area (Å²) < 4.78 is 19.1. The van der Waals surface area contributed by atoms with E-state index in [0.29, 0.717) is 0 Å². The molecule has 2 rings (SSSR count). The molecule has 0 aromatic heterocycles. The van der Waals surface area contributed by atoms with E-state index in [1.54, 1.807) is 0 Å². The fourth-order valence-electron chi connectivity index (χ4n) is 2.57. The minimum absolute atomic E-state index is 0.0170. The molecule has 0 aliphatic heterocycles. The van der Waals surface area contributed by atoms with E-state index in [-0.39, 0.29) is 40.5 Å². The zero-order chi connectivity index (χ0) is 21.8. The molecule has 29 heavy (non-hydrogen) atoms. The summed E-state index contributed by atoms with van der Waals surface area (Å²) in [4.78, 5) is 16.7. The highest BCUT2D eigenvalue weighted by molar-refractivity contribution is 6.11. The molecule has 0 aliphatic rings. The second-order valence-corrected chi connectivity index (χ2v) is 6.81. The molecule has 1 amide bonds. The van der Waals surface area contributed by atoms with Crippen LogP contribution in [0.25, 0.3) is 11.1 Å². The van der Waals surface area contributed by atoms with E-state index >= 15 is 0 Å². The van der Waals surface area contributed by atoms with Gasteiger partial charge in [0, 0.05) is 11.1 Å². The first kappa shape index (κ1) is 21.7. The molecule has 0 saturated carbocycles. The van der Waals surface area contributed by atoms with E-state index in [9.17, 15) is 24.7 Å². The Morgan fingerprint density at radius 1 is 1.38 bits per heavy atom. The van der Waals surface area contributed by atoms with E-state index in [2.05, 4.69) is 10.3 Å². The van der Waals surface area contributed by atoms with Crippen molar-refractivity contribution in [3.8, 4) is 28.7 Å². The van der Waals surface area contributed by atoms with Crippen LogP contribution in [0.15, 0.2) is 35.3 Å². The number of carbonyl (C=O) groups is 1. The third kappa shape index (κ3) is 5.21. The number of guanidine groups is 1. The number of nitrogens with one attached hydrogen (secondary N) is 1. The number of benzene rings is 2. The van der Waals surface area contributed by atoms with Gasteiger partial charge in [0.1, 0.15) is 17.3 Å². The summed E-state index contributed by atoms with van der Waals surface area (Å²) in [5.74, 6) is -2.02. The van der Waals surface area contributed by atoms with Crippen LogP contribution in [0.2, 0.25) is 0 Å². The van der Waals surface area contributed by atoms with E-state index in [0.717, 1.165) is 12.1 Å². The number of carbonyl (C=O) groups excluding carboxylic acids is 1. The average Bonchev–Trinajstić information content (AvgIpc) is 2.65. The summed E-state index contributed by atoms with van der Waals surface area (Å²) in [6.45, 7) is 2.96. The van der Waals surface area contributed by atoms with Crippen LogP contribution in [0, 0.1) is 17.1 Å². The molecule has 2 aromatic rings. The van der Waals surface area contributed by atoms with Crippen molar-refractivity contribution in [3.63, 3.8) is 0 Å². The summed E-state index contributed by atoms with van der Waals surface area (Å²) in [7, 11) is 1.35. The van der Waals surface area contributed by atoms with Crippen molar-refractivity contribution < 1.29 is 24.1 Å². The minimum Gasteiger partial charge on any atom is -0.507 e. The number of ether oxygens (including phenoxy) is 1. The number of phenolic OH excluding ortho intramolecular Hbond substituents is 1. The van der Waals surface area contributed by atoms with Crippen LogP contribution in [-0.2, 0) is 0 Å². The molecule has 0 aliphatic carbocycles. The lowest BCUT2D eigenvalue weighted by Gasteiger charge is -2.17. The van der Waals surface area contributed by atoms with E-state index < -0.39 is 23.1 Å². The average molecular weight is 400 g/mol. The number of aliphatic hydroxyl groups is 1. The molecule has 0 radical (unpaired) electrons. The van der Waals surface area contributed by atoms with Crippen LogP contribution in [-0.4, -0.2) is 41.3 Å². The second kappa shape index (κ2) is 8.58. The molecule has 0 unspecified atom stereocenters. The number of aromatic hydroxyl groups is 1. The molecule has 0 fully saturated rings. The Hall–Kier alpha value is -3.64. The number of hydrogen-bond acceptors (Lipinski definition) is 6. The van der Waals surface area contributed by atoms with Crippen LogP contribution in [0.5, 0.6) is 11.5 Å². The molecule has 0 heterocycles. The topological polar surface area (TPSA) is 141 Å². The van der Waals surface area contributed by atoms with Gasteiger partial charge in [-0.3, -0.25) is 15.1 Å². The SMILES string of the molecule is COc1ccc(F)cc1-c1c(C#N)ccc(O)c1C(=O)NC(N)=NCC(C)(C)O. The Morgan fingerprint density at radius 3 is 2.66 bits per heavy atom. The van der Waals surface area contributed by atoms with Crippen molar-refractivity contribution in [2.24, 2.45) is 10.7 Å². The molecule has 8 nitrogen and oxygen atoms in total. The number of phenols is 1. The van der Waals surface area contributed by atoms with Crippen molar-refractivity contribution in [2.75, 3.05) is 13.7 Å². The van der Waals surface area contributed by atoms with E-state index in [1.807, 2.05) is 6.07 Å². The summed E-state index contributed by atoms with van der Waals surface area (Å²) in [5.41, 5.74) is 4.36. The molecule has 0 spiro atoms. The number of nitrogens with two attached hydrogens (primary N) is 1. The van der Waals surface area contributed by atoms with Gasteiger partial charge in [0.25, 0.3) is 5.91 Å². The lowest BCUT2D eigenvalue weighted by molar-refractivity contribution is 0.0896. The zero-order valence-corrected chi connectivity index (χ0v) is 16.2. The Bertz CT molecular complexity index is 1010. The number of methoxy groups -OCH3 is 1. The van der Waals surface area contributed by atoms with Crippen LogP contribution in [0.4, 0.5) is 4.39 Å². The molecular formula is C20H21FN4O4. The summed E-state index contributed by atoms with van der Waals surface area (Å²) >= 11 is 0. The number of aliphatic imine (C=N–C) groups is 1. The monoisotopic (exact) mass is 400 g/mol. The van der Waals surface area contributed by atoms with Gasteiger partial charge >= 0.3 is 0 Å². The lowest BCUT2D eigenvalue weighted by atomic mass is 9.92. The van der Waals surface area contributed by atoms with Gasteiger partial charge in [-0.2, -0.15) is 5.26 Å². The molecule has 5 N–H and O–H groups in total. The third-order valence-electron chi connectivity index (χ3n) is 3.84. The number of amides is 1. The van der Waals surface area contributed by atoms with Crippen LogP contribution in [0.1, 0.15) is 29.8 Å². The Morgan fingerprint density at radius 2 is 2.07 bits per heavy atom. The molecule has 0 bridgehead atoms. The van der Waals surface area contributed by atoms with Gasteiger partial charge in [-0.15, -0.1) is 0 Å². The minimum atomic E-state index is -1.14. The second-order valence-electron chi connectivity index (χ2n) is 6.81. The van der Waals surface area contributed by atoms with Crippen molar-refractivity contribution in [3.05, 3.63) is 47.3 Å². The molecular weight excluding hydrogens is 379 g/mol. The molecule has 152 valence electrons. The molecule has 0 saturated heterocycles. The van der Waals surface area contributed by atoms with Crippen LogP contribution >= 0.6 is 0 Å². The van der Waals surface area contributed by atoms with Crippen molar-refractivity contribution >= 4 is 11.9 Å². The Labute approximate surface area is 167 Å². The quantitative estimate of drug-likeness (QED) is 0.446. The standard InChI is InChI=1S/C20H21FN4O4/c1-20(2,28)10-24-19(23)25-18(27)17-14(26)6-4-11(9-22)16(17)13-8-12(21)5-7-15(13)29-3/h4-8,26,28H,10H2,1-3H3,(H3,23,24,25,27). The summed E-state index contributed by atoms with van der Waals surface area (Å²) in [5, 5.41) is 31.8. The summed E-state index contributed by atoms with van der Waals surface area (Å²) in [6, 6.07) is 8.00. The summed E-state index contributed by atoms with van der Waals surface area (Å²) in [6.07, 6.45) is 0. The number of hydrogen-bond donors (Lipinski definition) is 4. The smallest absolute Gasteiger partial charge is 0.262 e. The molecule has 9 heteroatoms. The lowest BCUT2D eigenvalue weighted by Crippen LogP contribution is -2.38. The van der Waals surface area contributed by atoms with Gasteiger partial charge < -0.3 is 20.7 Å². The first-order valence-electron chi connectivity index (χ1n) is 8.51. The van der Waals surface area contributed by atoms with E-state index in [4.69, 9.17) is 10.5 Å². The first-order chi connectivity index (χ1) is 13.6. The number of nitrogens with zero attached hydrogens (tertiary/aromatic N) is 2. The van der Waals surface area contributed by atoms with Gasteiger partial charge in [-0.05, 0) is 44.2 Å². The maximum atomic E-state index is 13.9. The largest absolute Gasteiger partial charge is 0.507 e. The Kier molecular flexibility index (Phi) is 6.41. The number of rotatable bonds is 5. The fraction of sp³-hybridized carbons (Fsp3) is 0.250. The van der Waals surface area contributed by atoms with Crippen LogP contribution < -0.4 is 15.8 Å². The highest BCUT2D eigenvalue weighted by Gasteiger charge is 2.24. The maximum Gasteiger partial charge on any atom is 0.262 e. The van der Waals surface area contributed by atoms with Crippen LogP contribution in [0.3, 0.4) is 0 Å². The highest BCUT2D eigenvalue weighted by Crippen LogP contribution is 2.38. The predicted octanol–water partition coefficient (Wildman–Crippen LogP) is 1.89. The molecule has 2 aromatic carbocycles. The van der Waals surface area contributed by atoms with Gasteiger partial charge in [-0.25, -0.2) is 4.39 Å². The number of halogens is 1. The van der Waals surface area contributed by atoms with Crippen molar-refractivity contribution in [2.45, 2.75) is 19.4 Å². The zero-order valence-electron chi connectivity index (χ0n) is 16.2. The maximum absolute atomic E-state index is 13.9. The highest BCUT2D eigenvalue weighted by atomic mass is 19.1. The fourth-order valence-corrected chi connectivity index (χ4v) is 2.57. The van der Waals surface area contributed by atoms with Gasteiger partial charge in [0.2, 0.25) is 0 Å². The van der Waals surface area contributed by atoms with Crippen molar-refractivity contribution in [1.29, 1.82) is 5.26 Å². The van der Waals surface area contributed by atoms with Crippen molar-refractivity contribution in [1.82, 2.24) is 5.32 Å². The predicted molar refractivity (Wildman–Crippen MR) is 105 cm³/mol. The van der Waals surface area contributed by atoms with Gasteiger partial charge in [0.05, 0.1) is 36.5 Å². The first-order valence-corrected chi connectivity index (χ1v) is 8.51. The number of nitriles is 1. The normalized spacial score (nSPS) is 11.7. The Balaban J connectivity index is 2.61. The van der Waals surface area contributed by atoms with Gasteiger partial charge in [0.15, 0.2) is 5.96 Å².